The molecule has 1 aromatic rings. The number of H-pyrrole nitrogens is 1. The van der Waals surface area contributed by atoms with Gasteiger partial charge in [0.15, 0.2) is 5.69 Å². The van der Waals surface area contributed by atoms with Gasteiger partial charge in [-0.15, -0.1) is 0 Å². The summed E-state index contributed by atoms with van der Waals surface area (Å²) < 4.78 is 0. The molecule has 2 rings (SSSR count). The maximum atomic E-state index is 12.5. The summed E-state index contributed by atoms with van der Waals surface area (Å²) in [4.78, 5) is 14.4. The Kier molecular flexibility index (Phi) is 5.32. The number of aromatic nitrogens is 3. The average Bonchev–Trinajstić information content (AvgIpc) is 2.83. The van der Waals surface area contributed by atoms with E-state index in [1.807, 2.05) is 4.90 Å². The van der Waals surface area contributed by atoms with E-state index in [9.17, 15) is 4.79 Å². The van der Waals surface area contributed by atoms with Gasteiger partial charge in [0.1, 0.15) is 0 Å². The van der Waals surface area contributed by atoms with Gasteiger partial charge >= 0.3 is 0 Å². The highest BCUT2D eigenvalue weighted by Crippen LogP contribution is 2.23. The Morgan fingerprint density at radius 1 is 1.37 bits per heavy atom. The SMILES string of the molecule is NCCCN(C(=O)c1cn[nH]n1)C1CCCCCC1. The van der Waals surface area contributed by atoms with Crippen LogP contribution in [0.5, 0.6) is 0 Å². The van der Waals surface area contributed by atoms with Gasteiger partial charge in [0.25, 0.3) is 5.91 Å². The van der Waals surface area contributed by atoms with E-state index in [4.69, 9.17) is 5.73 Å². The second-order valence-electron chi connectivity index (χ2n) is 5.14. The van der Waals surface area contributed by atoms with Crippen molar-refractivity contribution >= 4 is 5.91 Å². The molecule has 0 unspecified atom stereocenters. The highest BCUT2D eigenvalue weighted by molar-refractivity contribution is 5.92. The number of carbonyl (C=O) groups is 1. The third-order valence-corrected chi connectivity index (χ3v) is 3.76. The number of nitrogens with two attached hydrogens (primary N) is 1. The topological polar surface area (TPSA) is 87.9 Å². The number of carbonyl (C=O) groups excluding carboxylic acids is 1. The summed E-state index contributed by atoms with van der Waals surface area (Å²) in [7, 11) is 0. The first kappa shape index (κ1) is 14.0. The van der Waals surface area contributed by atoms with Crippen molar-refractivity contribution in [2.45, 2.75) is 51.0 Å². The fourth-order valence-electron chi connectivity index (χ4n) is 2.73. The predicted molar refractivity (Wildman–Crippen MR) is 72.6 cm³/mol. The summed E-state index contributed by atoms with van der Waals surface area (Å²) in [5.41, 5.74) is 5.99. The number of rotatable bonds is 5. The third-order valence-electron chi connectivity index (χ3n) is 3.76. The highest BCUT2D eigenvalue weighted by Gasteiger charge is 2.26. The second kappa shape index (κ2) is 7.23. The first-order valence-electron chi connectivity index (χ1n) is 7.19. The number of hydrogen-bond donors (Lipinski definition) is 2. The summed E-state index contributed by atoms with van der Waals surface area (Å²) in [6.45, 7) is 1.32. The third kappa shape index (κ3) is 3.76. The molecule has 6 nitrogen and oxygen atoms in total. The zero-order valence-corrected chi connectivity index (χ0v) is 11.3. The standard InChI is InChI=1S/C13H23N5O/c14-8-5-9-18(11-6-3-1-2-4-7-11)13(19)12-10-15-17-16-12/h10-11H,1-9,14H2,(H,15,16,17). The predicted octanol–water partition coefficient (Wildman–Crippen LogP) is 1.32. The van der Waals surface area contributed by atoms with Crippen LogP contribution in [-0.2, 0) is 0 Å². The Labute approximate surface area is 113 Å². The molecule has 1 amide bonds. The van der Waals surface area contributed by atoms with Crippen LogP contribution in [0.1, 0.15) is 55.4 Å². The molecule has 0 aliphatic heterocycles. The molecule has 1 aromatic heterocycles. The van der Waals surface area contributed by atoms with Gasteiger partial charge in [-0.1, -0.05) is 25.7 Å². The van der Waals surface area contributed by atoms with Crippen LogP contribution in [0.2, 0.25) is 0 Å². The molecule has 1 aliphatic rings. The van der Waals surface area contributed by atoms with Crippen LogP contribution in [0.15, 0.2) is 6.20 Å². The molecule has 3 N–H and O–H groups in total. The van der Waals surface area contributed by atoms with E-state index in [1.165, 1.54) is 31.9 Å². The van der Waals surface area contributed by atoms with E-state index in [-0.39, 0.29) is 5.91 Å². The quantitative estimate of drug-likeness (QED) is 0.786. The largest absolute Gasteiger partial charge is 0.334 e. The molecule has 1 aliphatic carbocycles. The van der Waals surface area contributed by atoms with Crippen molar-refractivity contribution in [3.05, 3.63) is 11.9 Å². The number of amides is 1. The van der Waals surface area contributed by atoms with Gasteiger partial charge in [0.05, 0.1) is 6.20 Å². The van der Waals surface area contributed by atoms with Crippen molar-refractivity contribution < 1.29 is 4.79 Å². The van der Waals surface area contributed by atoms with Crippen molar-refractivity contribution in [3.63, 3.8) is 0 Å². The van der Waals surface area contributed by atoms with Gasteiger partial charge in [0.2, 0.25) is 0 Å². The van der Waals surface area contributed by atoms with Gasteiger partial charge in [0, 0.05) is 12.6 Å². The minimum absolute atomic E-state index is 0.0194. The van der Waals surface area contributed by atoms with Gasteiger partial charge in [-0.25, -0.2) is 0 Å². The number of aromatic amines is 1. The van der Waals surface area contributed by atoms with E-state index >= 15 is 0 Å². The Hall–Kier alpha value is -1.43. The molecule has 0 spiro atoms. The second-order valence-corrected chi connectivity index (χ2v) is 5.14. The fourth-order valence-corrected chi connectivity index (χ4v) is 2.73. The Bertz CT molecular complexity index is 370. The van der Waals surface area contributed by atoms with Crippen LogP contribution in [0.4, 0.5) is 0 Å². The average molecular weight is 265 g/mol. The van der Waals surface area contributed by atoms with Crippen LogP contribution in [0.3, 0.4) is 0 Å². The van der Waals surface area contributed by atoms with Crippen LogP contribution in [0.25, 0.3) is 0 Å². The zero-order valence-electron chi connectivity index (χ0n) is 11.3. The van der Waals surface area contributed by atoms with E-state index in [0.29, 0.717) is 24.8 Å². The van der Waals surface area contributed by atoms with Crippen LogP contribution >= 0.6 is 0 Å². The van der Waals surface area contributed by atoms with E-state index < -0.39 is 0 Å². The number of hydrogen-bond acceptors (Lipinski definition) is 4. The van der Waals surface area contributed by atoms with Crippen molar-refractivity contribution in [3.8, 4) is 0 Å². The lowest BCUT2D eigenvalue weighted by Crippen LogP contribution is -2.41. The molecule has 0 bridgehead atoms. The smallest absolute Gasteiger partial charge is 0.276 e. The normalized spacial score (nSPS) is 17.1. The van der Waals surface area contributed by atoms with Gasteiger partial charge in [-0.3, -0.25) is 4.79 Å². The van der Waals surface area contributed by atoms with E-state index in [1.54, 1.807) is 0 Å². The summed E-state index contributed by atoms with van der Waals surface area (Å²) in [6, 6.07) is 0.332. The molecule has 0 atom stereocenters. The maximum Gasteiger partial charge on any atom is 0.276 e. The minimum atomic E-state index is -0.0194. The molecular formula is C13H23N5O. The molecule has 0 saturated heterocycles. The highest BCUT2D eigenvalue weighted by atomic mass is 16.2. The monoisotopic (exact) mass is 265 g/mol. The van der Waals surface area contributed by atoms with Crippen LogP contribution in [-0.4, -0.2) is 45.3 Å². The summed E-state index contributed by atoms with van der Waals surface area (Å²) in [6.07, 6.45) is 9.47. The number of nitrogens with zero attached hydrogens (tertiary/aromatic N) is 3. The first-order valence-corrected chi connectivity index (χ1v) is 7.19. The maximum absolute atomic E-state index is 12.5. The summed E-state index contributed by atoms with van der Waals surface area (Å²) >= 11 is 0. The lowest BCUT2D eigenvalue weighted by Gasteiger charge is -2.30. The van der Waals surface area contributed by atoms with E-state index in [2.05, 4.69) is 15.4 Å². The van der Waals surface area contributed by atoms with Crippen molar-refractivity contribution in [2.75, 3.05) is 13.1 Å². The summed E-state index contributed by atoms with van der Waals surface area (Å²) in [5.74, 6) is -0.0194. The van der Waals surface area contributed by atoms with Gasteiger partial charge < -0.3 is 10.6 Å². The molecule has 6 heteroatoms. The molecule has 0 radical (unpaired) electrons. The van der Waals surface area contributed by atoms with Crippen molar-refractivity contribution in [1.29, 1.82) is 0 Å². The molecule has 1 fully saturated rings. The minimum Gasteiger partial charge on any atom is -0.334 e. The van der Waals surface area contributed by atoms with E-state index in [0.717, 1.165) is 19.3 Å². The summed E-state index contributed by atoms with van der Waals surface area (Å²) in [5, 5.41) is 10.1. The Balaban J connectivity index is 2.07. The molecule has 106 valence electrons. The molecular weight excluding hydrogens is 242 g/mol. The van der Waals surface area contributed by atoms with Crippen LogP contribution < -0.4 is 5.73 Å². The number of nitrogens with one attached hydrogen (secondary N) is 1. The fraction of sp³-hybridized carbons (Fsp3) is 0.769. The molecule has 1 saturated carbocycles. The zero-order chi connectivity index (χ0) is 13.5. The molecule has 1 heterocycles. The van der Waals surface area contributed by atoms with Gasteiger partial charge in [-0.05, 0) is 25.8 Å². The van der Waals surface area contributed by atoms with Crippen molar-refractivity contribution in [1.82, 2.24) is 20.3 Å². The lowest BCUT2D eigenvalue weighted by molar-refractivity contribution is 0.0652. The Morgan fingerprint density at radius 2 is 2.11 bits per heavy atom. The molecule has 0 aromatic carbocycles. The van der Waals surface area contributed by atoms with Crippen molar-refractivity contribution in [2.24, 2.45) is 5.73 Å². The lowest BCUT2D eigenvalue weighted by atomic mass is 10.1. The first-order chi connectivity index (χ1) is 9.33. The van der Waals surface area contributed by atoms with Crippen LogP contribution in [0, 0.1) is 0 Å². The Morgan fingerprint density at radius 3 is 2.68 bits per heavy atom. The molecule has 19 heavy (non-hydrogen) atoms. The van der Waals surface area contributed by atoms with Gasteiger partial charge in [-0.2, -0.15) is 15.4 Å².